The number of fused-ring (bicyclic) bond motifs is 1. The molecule has 0 saturated heterocycles. The van der Waals surface area contributed by atoms with Crippen LogP contribution in [0.3, 0.4) is 0 Å². The maximum atomic E-state index is 13.0. The highest BCUT2D eigenvalue weighted by Crippen LogP contribution is 2.35. The van der Waals surface area contributed by atoms with Gasteiger partial charge in [-0.15, -0.1) is 0 Å². The van der Waals surface area contributed by atoms with E-state index in [0.717, 1.165) is 11.8 Å². The quantitative estimate of drug-likeness (QED) is 0.891. The van der Waals surface area contributed by atoms with Crippen LogP contribution in [-0.2, 0) is 11.8 Å². The molecule has 0 fully saturated rings. The van der Waals surface area contributed by atoms with Crippen LogP contribution in [-0.4, -0.2) is 21.6 Å². The highest BCUT2D eigenvalue weighted by molar-refractivity contribution is 7.99. The number of nitrogens with zero attached hydrogens (tertiary/aromatic N) is 1. The van der Waals surface area contributed by atoms with Gasteiger partial charge in [0.1, 0.15) is 5.60 Å². The average Bonchev–Trinajstić information content (AvgIpc) is 2.86. The molecule has 0 unspecified atom stereocenters. The molecule has 3 nitrogen and oxygen atoms in total. The van der Waals surface area contributed by atoms with Crippen molar-refractivity contribution in [2.75, 3.05) is 11.5 Å². The number of aromatic amines is 1. The number of nitriles is 1. The Morgan fingerprint density at radius 2 is 2.00 bits per heavy atom. The second-order valence-corrected chi connectivity index (χ2v) is 6.46. The fourth-order valence-corrected chi connectivity index (χ4v) is 2.93. The first kappa shape index (κ1) is 16.7. The fraction of sp³-hybridized carbons (Fsp3) is 0.400. The smallest absolute Gasteiger partial charge is 0.383 e. The van der Waals surface area contributed by atoms with Crippen molar-refractivity contribution in [3.8, 4) is 6.07 Å². The molecular formula is C15H15F3N2OS. The lowest BCUT2D eigenvalue weighted by Gasteiger charge is -2.21. The number of rotatable bonds is 4. The summed E-state index contributed by atoms with van der Waals surface area (Å²) in [5.74, 6) is 1.25. The van der Waals surface area contributed by atoms with Gasteiger partial charge in [0.2, 0.25) is 0 Å². The van der Waals surface area contributed by atoms with Gasteiger partial charge >= 0.3 is 6.18 Å². The summed E-state index contributed by atoms with van der Waals surface area (Å²) in [4.78, 5) is 2.84. The highest BCUT2D eigenvalue weighted by atomic mass is 32.2. The first-order valence-electron chi connectivity index (χ1n) is 6.63. The molecule has 1 atom stereocenters. The Morgan fingerprint density at radius 1 is 1.32 bits per heavy atom. The van der Waals surface area contributed by atoms with Crippen LogP contribution in [0.25, 0.3) is 10.9 Å². The van der Waals surface area contributed by atoms with E-state index in [-0.39, 0.29) is 5.52 Å². The number of alkyl halides is 3. The summed E-state index contributed by atoms with van der Waals surface area (Å²) < 4.78 is 38.9. The van der Waals surface area contributed by atoms with Crippen LogP contribution >= 0.6 is 11.8 Å². The predicted octanol–water partition coefficient (Wildman–Crippen LogP) is 4.02. The Bertz CT molecular complexity index is 729. The lowest BCUT2D eigenvalue weighted by molar-refractivity contribution is -0.137. The van der Waals surface area contributed by atoms with Crippen LogP contribution in [0, 0.1) is 11.3 Å². The third-order valence-electron chi connectivity index (χ3n) is 3.35. The summed E-state index contributed by atoms with van der Waals surface area (Å²) in [5.41, 5.74) is -1.88. The second-order valence-electron chi connectivity index (χ2n) is 5.19. The third kappa shape index (κ3) is 3.23. The molecule has 0 aliphatic carbocycles. The summed E-state index contributed by atoms with van der Waals surface area (Å²) >= 11 is 1.53. The summed E-state index contributed by atoms with van der Waals surface area (Å²) in [6.07, 6.45) is -4.59. The van der Waals surface area contributed by atoms with Gasteiger partial charge in [0.15, 0.2) is 0 Å². The summed E-state index contributed by atoms with van der Waals surface area (Å²) in [6.45, 7) is 3.57. The van der Waals surface area contributed by atoms with E-state index in [9.17, 15) is 18.3 Å². The molecule has 1 heterocycles. The third-order valence-corrected chi connectivity index (χ3v) is 4.53. The minimum atomic E-state index is -4.59. The number of benzene rings is 1. The molecule has 0 spiro atoms. The molecule has 0 aliphatic rings. The van der Waals surface area contributed by atoms with Crippen molar-refractivity contribution in [2.45, 2.75) is 25.6 Å². The Morgan fingerprint density at radius 3 is 2.55 bits per heavy atom. The van der Waals surface area contributed by atoms with E-state index in [1.807, 2.05) is 6.92 Å². The molecule has 2 rings (SSSR count). The zero-order chi connectivity index (χ0) is 16.5. The van der Waals surface area contributed by atoms with Crippen LogP contribution < -0.4 is 0 Å². The van der Waals surface area contributed by atoms with Crippen LogP contribution in [0.1, 0.15) is 30.7 Å². The van der Waals surface area contributed by atoms with Gasteiger partial charge in [0, 0.05) is 22.3 Å². The van der Waals surface area contributed by atoms with Crippen molar-refractivity contribution >= 4 is 22.7 Å². The maximum Gasteiger partial charge on any atom is 0.417 e. The monoisotopic (exact) mass is 328 g/mol. The van der Waals surface area contributed by atoms with Crippen LogP contribution in [0.5, 0.6) is 0 Å². The predicted molar refractivity (Wildman–Crippen MR) is 80.6 cm³/mol. The summed E-state index contributed by atoms with van der Waals surface area (Å²) in [7, 11) is 0. The molecule has 0 saturated carbocycles. The van der Waals surface area contributed by atoms with E-state index in [4.69, 9.17) is 5.26 Å². The maximum absolute atomic E-state index is 13.0. The lowest BCUT2D eigenvalue weighted by Crippen LogP contribution is -2.24. The van der Waals surface area contributed by atoms with Crippen molar-refractivity contribution in [3.63, 3.8) is 0 Å². The molecule has 2 N–H and O–H groups in total. The van der Waals surface area contributed by atoms with Crippen molar-refractivity contribution in [1.82, 2.24) is 4.98 Å². The normalized spacial score (nSPS) is 14.8. The van der Waals surface area contributed by atoms with Crippen LogP contribution in [0.4, 0.5) is 13.2 Å². The van der Waals surface area contributed by atoms with E-state index in [2.05, 4.69) is 4.98 Å². The van der Waals surface area contributed by atoms with E-state index < -0.39 is 22.9 Å². The zero-order valence-corrected chi connectivity index (χ0v) is 12.9. The molecule has 22 heavy (non-hydrogen) atoms. The lowest BCUT2D eigenvalue weighted by atomic mass is 10.0. The van der Waals surface area contributed by atoms with Gasteiger partial charge < -0.3 is 10.1 Å². The number of thioether (sulfide) groups is 1. The SMILES string of the molecule is CCSC[C@](C)(O)c1cc2cc(C#N)c(C(F)(F)F)cc2[nH]1. The molecule has 1 aromatic heterocycles. The van der Waals surface area contributed by atoms with Gasteiger partial charge in [-0.2, -0.15) is 30.2 Å². The largest absolute Gasteiger partial charge is 0.417 e. The molecule has 0 aliphatic heterocycles. The number of hydrogen-bond donors (Lipinski definition) is 2. The number of nitrogens with one attached hydrogen (secondary N) is 1. The second kappa shape index (κ2) is 5.86. The first-order valence-corrected chi connectivity index (χ1v) is 7.79. The molecule has 0 bridgehead atoms. The topological polar surface area (TPSA) is 59.8 Å². The first-order chi connectivity index (χ1) is 10.2. The average molecular weight is 328 g/mol. The summed E-state index contributed by atoms with van der Waals surface area (Å²) in [6, 6.07) is 5.28. The zero-order valence-electron chi connectivity index (χ0n) is 12.1. The number of halogens is 3. The molecular weight excluding hydrogens is 313 g/mol. The molecule has 2 aromatic rings. The van der Waals surface area contributed by atoms with Crippen LogP contribution in [0.2, 0.25) is 0 Å². The Labute approximate surface area is 130 Å². The molecule has 1 aromatic carbocycles. The van der Waals surface area contributed by atoms with Gasteiger partial charge in [-0.25, -0.2) is 0 Å². The van der Waals surface area contributed by atoms with Gasteiger partial charge in [-0.05, 0) is 30.9 Å². The van der Waals surface area contributed by atoms with Crippen LogP contribution in [0.15, 0.2) is 18.2 Å². The van der Waals surface area contributed by atoms with Gasteiger partial charge in [-0.1, -0.05) is 6.92 Å². The van der Waals surface area contributed by atoms with E-state index in [0.29, 0.717) is 16.8 Å². The molecule has 0 amide bonds. The van der Waals surface area contributed by atoms with Gasteiger partial charge in [-0.3, -0.25) is 0 Å². The Hall–Kier alpha value is -1.65. The highest BCUT2D eigenvalue weighted by Gasteiger charge is 2.34. The van der Waals surface area contributed by atoms with Gasteiger partial charge in [0.25, 0.3) is 0 Å². The molecule has 0 radical (unpaired) electrons. The minimum absolute atomic E-state index is 0.253. The van der Waals surface area contributed by atoms with Crippen molar-refractivity contribution in [1.29, 1.82) is 5.26 Å². The summed E-state index contributed by atoms with van der Waals surface area (Å²) in [5, 5.41) is 19.8. The number of H-pyrrole nitrogens is 1. The Balaban J connectivity index is 2.54. The van der Waals surface area contributed by atoms with Gasteiger partial charge in [0.05, 0.1) is 17.2 Å². The minimum Gasteiger partial charge on any atom is -0.383 e. The number of aromatic nitrogens is 1. The van der Waals surface area contributed by atoms with E-state index >= 15 is 0 Å². The van der Waals surface area contributed by atoms with Crippen molar-refractivity contribution in [3.05, 3.63) is 35.0 Å². The fourth-order valence-electron chi connectivity index (χ4n) is 2.18. The van der Waals surface area contributed by atoms with Crippen molar-refractivity contribution in [2.24, 2.45) is 0 Å². The van der Waals surface area contributed by atoms with Crippen molar-refractivity contribution < 1.29 is 18.3 Å². The number of aliphatic hydroxyl groups is 1. The molecule has 7 heteroatoms. The molecule has 118 valence electrons. The Kier molecular flexibility index (Phi) is 4.45. The van der Waals surface area contributed by atoms with E-state index in [1.165, 1.54) is 17.8 Å². The number of hydrogen-bond acceptors (Lipinski definition) is 3. The standard InChI is InChI=1S/C15H15F3N2OS/c1-3-22-8-14(2,21)13-5-9-4-10(7-19)11(15(16,17)18)6-12(9)20-13/h4-6,20-21H,3,8H2,1-2H3/t14-/m0/s1. The van der Waals surface area contributed by atoms with E-state index in [1.54, 1.807) is 19.1 Å².